The molecule has 0 radical (unpaired) electrons. The van der Waals surface area contributed by atoms with Crippen LogP contribution < -0.4 is 11.5 Å². The summed E-state index contributed by atoms with van der Waals surface area (Å²) >= 11 is 0. The fourth-order valence-electron chi connectivity index (χ4n) is 1.55. The van der Waals surface area contributed by atoms with Gasteiger partial charge in [0, 0.05) is 6.54 Å². The molecule has 0 aliphatic carbocycles. The van der Waals surface area contributed by atoms with Crippen LogP contribution in [0.5, 0.6) is 0 Å². The lowest BCUT2D eigenvalue weighted by Gasteiger charge is -2.15. The van der Waals surface area contributed by atoms with E-state index in [2.05, 4.69) is 31.0 Å². The topological polar surface area (TPSA) is 73.1 Å². The molecule has 5 heteroatoms. The molecule has 16 heavy (non-hydrogen) atoms. The maximum Gasteiger partial charge on any atom is 0.145 e. The van der Waals surface area contributed by atoms with Crippen LogP contribution in [0, 0.1) is 5.92 Å². The molecular formula is C11H23N5. The highest BCUT2D eigenvalue weighted by atomic mass is 15.3. The molecule has 4 N–H and O–H groups in total. The molecule has 5 nitrogen and oxygen atoms in total. The number of anilines is 2. The van der Waals surface area contributed by atoms with Crippen LogP contribution in [0.25, 0.3) is 0 Å². The monoisotopic (exact) mass is 225 g/mol. The van der Waals surface area contributed by atoms with Gasteiger partial charge >= 0.3 is 0 Å². The molecule has 0 aliphatic rings. The van der Waals surface area contributed by atoms with Crippen LogP contribution in [0.4, 0.5) is 11.5 Å². The van der Waals surface area contributed by atoms with Crippen LogP contribution in [0.2, 0.25) is 0 Å². The third-order valence-electron chi connectivity index (χ3n) is 2.81. The standard InChI is InChI=1S/C11H23N5/c1-9(4-6-15(2)3)5-7-16-11(13)10(12)8-14-16/h8-9H,4-7,12-13H2,1-3H3. The first-order valence-electron chi connectivity index (χ1n) is 5.72. The van der Waals surface area contributed by atoms with Gasteiger partial charge in [0.25, 0.3) is 0 Å². The van der Waals surface area contributed by atoms with Crippen molar-refractivity contribution in [3.8, 4) is 0 Å². The molecule has 0 bridgehead atoms. The summed E-state index contributed by atoms with van der Waals surface area (Å²) in [5, 5.41) is 4.14. The fourth-order valence-corrected chi connectivity index (χ4v) is 1.55. The summed E-state index contributed by atoms with van der Waals surface area (Å²) in [7, 11) is 4.19. The van der Waals surface area contributed by atoms with Crippen molar-refractivity contribution in [3.05, 3.63) is 6.20 Å². The van der Waals surface area contributed by atoms with E-state index in [1.54, 1.807) is 10.9 Å². The summed E-state index contributed by atoms with van der Waals surface area (Å²) in [6, 6.07) is 0. The molecule has 1 rings (SSSR count). The molecule has 0 spiro atoms. The Morgan fingerprint density at radius 3 is 2.56 bits per heavy atom. The maximum atomic E-state index is 5.78. The molecule has 0 fully saturated rings. The van der Waals surface area contributed by atoms with E-state index >= 15 is 0 Å². The Morgan fingerprint density at radius 1 is 1.38 bits per heavy atom. The number of hydrogen-bond donors (Lipinski definition) is 2. The van der Waals surface area contributed by atoms with E-state index in [-0.39, 0.29) is 0 Å². The number of aryl methyl sites for hydroxylation is 1. The third-order valence-corrected chi connectivity index (χ3v) is 2.81. The SMILES string of the molecule is CC(CCN(C)C)CCn1ncc(N)c1N. The number of nitrogens with two attached hydrogens (primary N) is 2. The Balaban J connectivity index is 2.31. The lowest BCUT2D eigenvalue weighted by Crippen LogP contribution is -2.16. The van der Waals surface area contributed by atoms with E-state index in [4.69, 9.17) is 11.5 Å². The second-order valence-corrected chi connectivity index (χ2v) is 4.69. The lowest BCUT2D eigenvalue weighted by atomic mass is 10.0. The minimum Gasteiger partial charge on any atom is -0.394 e. The van der Waals surface area contributed by atoms with Gasteiger partial charge < -0.3 is 16.4 Å². The summed E-state index contributed by atoms with van der Waals surface area (Å²) in [5.74, 6) is 1.26. The Labute approximate surface area is 97.4 Å². The van der Waals surface area contributed by atoms with Crippen LogP contribution in [0.3, 0.4) is 0 Å². The molecule has 1 heterocycles. The largest absolute Gasteiger partial charge is 0.394 e. The van der Waals surface area contributed by atoms with Crippen molar-refractivity contribution in [2.45, 2.75) is 26.3 Å². The Morgan fingerprint density at radius 2 is 2.06 bits per heavy atom. The smallest absolute Gasteiger partial charge is 0.145 e. The van der Waals surface area contributed by atoms with Gasteiger partial charge in [-0.25, -0.2) is 4.68 Å². The zero-order valence-corrected chi connectivity index (χ0v) is 10.5. The van der Waals surface area contributed by atoms with Crippen molar-refractivity contribution < 1.29 is 0 Å². The van der Waals surface area contributed by atoms with Gasteiger partial charge in [0.2, 0.25) is 0 Å². The number of rotatable bonds is 6. The quantitative estimate of drug-likeness (QED) is 0.758. The minimum atomic E-state index is 0.570. The maximum absolute atomic E-state index is 5.78. The number of nitrogen functional groups attached to an aromatic ring is 2. The highest BCUT2D eigenvalue weighted by Crippen LogP contribution is 2.15. The van der Waals surface area contributed by atoms with Crippen molar-refractivity contribution in [1.82, 2.24) is 14.7 Å². The van der Waals surface area contributed by atoms with E-state index in [0.29, 0.717) is 17.4 Å². The highest BCUT2D eigenvalue weighted by molar-refractivity contribution is 5.56. The van der Waals surface area contributed by atoms with Gasteiger partial charge in [0.1, 0.15) is 5.82 Å². The van der Waals surface area contributed by atoms with Gasteiger partial charge in [0.05, 0.1) is 11.9 Å². The van der Waals surface area contributed by atoms with Crippen molar-refractivity contribution in [2.24, 2.45) is 5.92 Å². The summed E-state index contributed by atoms with van der Waals surface area (Å²) in [6.45, 7) is 4.22. The average Bonchev–Trinajstić information content (AvgIpc) is 2.54. The summed E-state index contributed by atoms with van der Waals surface area (Å²) < 4.78 is 1.78. The molecule has 0 aromatic carbocycles. The van der Waals surface area contributed by atoms with Crippen molar-refractivity contribution in [2.75, 3.05) is 32.1 Å². The van der Waals surface area contributed by atoms with Crippen LogP contribution >= 0.6 is 0 Å². The number of nitrogens with zero attached hydrogens (tertiary/aromatic N) is 3. The van der Waals surface area contributed by atoms with Crippen LogP contribution in [0.1, 0.15) is 19.8 Å². The number of aromatic nitrogens is 2. The molecular weight excluding hydrogens is 202 g/mol. The average molecular weight is 225 g/mol. The van der Waals surface area contributed by atoms with Gasteiger partial charge in [-0.05, 0) is 39.4 Å². The summed E-state index contributed by atoms with van der Waals surface area (Å²) in [4.78, 5) is 2.21. The highest BCUT2D eigenvalue weighted by Gasteiger charge is 2.07. The molecule has 0 aliphatic heterocycles. The Kier molecular flexibility index (Phi) is 4.61. The zero-order valence-electron chi connectivity index (χ0n) is 10.5. The molecule has 92 valence electrons. The second kappa shape index (κ2) is 5.75. The van der Waals surface area contributed by atoms with E-state index in [1.807, 2.05) is 0 Å². The van der Waals surface area contributed by atoms with Gasteiger partial charge in [-0.3, -0.25) is 0 Å². The predicted octanol–water partition coefficient (Wildman–Crippen LogP) is 1.03. The molecule has 0 saturated carbocycles. The summed E-state index contributed by atoms with van der Waals surface area (Å²) in [5.41, 5.74) is 12.0. The van der Waals surface area contributed by atoms with E-state index in [0.717, 1.165) is 19.5 Å². The zero-order chi connectivity index (χ0) is 12.1. The third kappa shape index (κ3) is 3.73. The second-order valence-electron chi connectivity index (χ2n) is 4.69. The Hall–Kier alpha value is -1.23. The van der Waals surface area contributed by atoms with E-state index < -0.39 is 0 Å². The van der Waals surface area contributed by atoms with Gasteiger partial charge in [-0.15, -0.1) is 0 Å². The van der Waals surface area contributed by atoms with Gasteiger partial charge in [-0.1, -0.05) is 6.92 Å². The van der Waals surface area contributed by atoms with Crippen LogP contribution in [-0.2, 0) is 6.54 Å². The normalized spacial score (nSPS) is 13.2. The van der Waals surface area contributed by atoms with Crippen molar-refractivity contribution >= 4 is 11.5 Å². The van der Waals surface area contributed by atoms with E-state index in [1.165, 1.54) is 6.42 Å². The van der Waals surface area contributed by atoms with Crippen LogP contribution in [0.15, 0.2) is 6.20 Å². The Bertz CT molecular complexity index is 318. The first kappa shape index (κ1) is 12.8. The molecule has 1 aromatic rings. The van der Waals surface area contributed by atoms with E-state index in [9.17, 15) is 0 Å². The van der Waals surface area contributed by atoms with Gasteiger partial charge in [-0.2, -0.15) is 5.10 Å². The minimum absolute atomic E-state index is 0.570. The van der Waals surface area contributed by atoms with Crippen LogP contribution in [-0.4, -0.2) is 35.3 Å². The molecule has 1 aromatic heterocycles. The molecule has 1 unspecified atom stereocenters. The molecule has 0 amide bonds. The first-order valence-corrected chi connectivity index (χ1v) is 5.72. The molecule has 1 atom stereocenters. The summed E-state index contributed by atoms with van der Waals surface area (Å²) in [6.07, 6.45) is 3.89. The molecule has 0 saturated heterocycles. The van der Waals surface area contributed by atoms with Crippen molar-refractivity contribution in [1.29, 1.82) is 0 Å². The van der Waals surface area contributed by atoms with Crippen molar-refractivity contribution in [3.63, 3.8) is 0 Å². The predicted molar refractivity (Wildman–Crippen MR) is 68.0 cm³/mol. The lowest BCUT2D eigenvalue weighted by molar-refractivity contribution is 0.341. The first-order chi connectivity index (χ1) is 7.50. The van der Waals surface area contributed by atoms with Gasteiger partial charge in [0.15, 0.2) is 0 Å². The number of hydrogen-bond acceptors (Lipinski definition) is 4. The fraction of sp³-hybridized carbons (Fsp3) is 0.727.